The van der Waals surface area contributed by atoms with Crippen LogP contribution < -0.4 is 9.80 Å². The second-order valence-electron chi connectivity index (χ2n) is 23.9. The van der Waals surface area contributed by atoms with Gasteiger partial charge in [0.1, 0.15) is 5.82 Å². The molecule has 82 heavy (non-hydrogen) atoms. The van der Waals surface area contributed by atoms with E-state index in [0.29, 0.717) is 0 Å². The smallest absolute Gasteiger partial charge is 0.135 e. The number of aromatic nitrogens is 2. The molecule has 5 heteroatoms. The largest absolute Gasteiger partial charge is 0.493 e. The standard InChI is InChI=1S/C77H65N4.Pt/c1-74(2,3)63-47-64(75(4,5)6)50-66(49-63)80-53-79(70-38-23-24-39-71(70)80)65-37-25-36-61(48-65)77(58-32-19-11-20-33-58,59-34-21-12-22-35-59)62-41-42-67-68-46-55(54-26-13-8-14-27-54)40-43-69(68)81(72(67)51-62)73-52-60(44-45-78-73)76(7,56-28-15-9-16-29-56)57-30-17-10-18-31-57;/h8-47,49-50,52-53H,1-7H3;/q-3;. The molecule has 406 valence electrons. The van der Waals surface area contributed by atoms with Gasteiger partial charge < -0.3 is 14.4 Å². The van der Waals surface area contributed by atoms with E-state index in [1.165, 1.54) is 27.8 Å². The molecule has 0 aliphatic carbocycles. The molecule has 0 saturated carbocycles. The summed E-state index contributed by atoms with van der Waals surface area (Å²) in [7, 11) is 0. The molecule has 0 atom stereocenters. The van der Waals surface area contributed by atoms with Crippen molar-refractivity contribution in [1.29, 1.82) is 0 Å². The molecule has 0 amide bonds. The Kier molecular flexibility index (Phi) is 14.1. The quantitative estimate of drug-likeness (QED) is 0.0953. The number of para-hydroxylation sites is 2. The first-order chi connectivity index (χ1) is 39.3. The molecule has 1 aliphatic heterocycles. The Morgan fingerprint density at radius 1 is 0.390 bits per heavy atom. The van der Waals surface area contributed by atoms with Gasteiger partial charge >= 0.3 is 0 Å². The fraction of sp³-hybridized carbons (Fsp3) is 0.143. The monoisotopic (exact) mass is 1240 g/mol. The van der Waals surface area contributed by atoms with Crippen molar-refractivity contribution >= 4 is 44.6 Å². The summed E-state index contributed by atoms with van der Waals surface area (Å²) in [5, 5.41) is 2.22. The zero-order valence-corrected chi connectivity index (χ0v) is 49.8. The Bertz CT molecular complexity index is 4120. The minimum absolute atomic E-state index is 0. The average Bonchev–Trinajstić information content (AvgIpc) is 3.93. The first-order valence-corrected chi connectivity index (χ1v) is 28.3. The minimum atomic E-state index is -0.890. The summed E-state index contributed by atoms with van der Waals surface area (Å²) in [6.07, 6.45) is 1.98. The predicted octanol–water partition coefficient (Wildman–Crippen LogP) is 19.2. The van der Waals surface area contributed by atoms with Crippen LogP contribution in [0.1, 0.15) is 98.5 Å². The Morgan fingerprint density at radius 2 is 0.915 bits per heavy atom. The predicted molar refractivity (Wildman–Crippen MR) is 337 cm³/mol. The van der Waals surface area contributed by atoms with E-state index in [1.54, 1.807) is 0 Å². The molecule has 0 spiro atoms. The third-order valence-corrected chi connectivity index (χ3v) is 16.9. The molecule has 0 radical (unpaired) electrons. The van der Waals surface area contributed by atoms with E-state index in [0.717, 1.165) is 83.8 Å². The molecule has 12 aromatic rings. The first kappa shape index (κ1) is 54.0. The normalized spacial score (nSPS) is 12.9. The van der Waals surface area contributed by atoms with Gasteiger partial charge in [0.05, 0.1) is 0 Å². The maximum absolute atomic E-state index is 5.29. The van der Waals surface area contributed by atoms with Gasteiger partial charge in [0.25, 0.3) is 0 Å². The second kappa shape index (κ2) is 21.4. The fourth-order valence-electron chi connectivity index (χ4n) is 12.4. The summed E-state index contributed by atoms with van der Waals surface area (Å²) >= 11 is 0. The zero-order chi connectivity index (χ0) is 55.5. The average molecular weight is 1240 g/mol. The summed E-state index contributed by atoms with van der Waals surface area (Å²) in [4.78, 5) is 9.96. The van der Waals surface area contributed by atoms with Crippen molar-refractivity contribution in [2.75, 3.05) is 9.80 Å². The molecule has 0 bridgehead atoms. The van der Waals surface area contributed by atoms with Crippen molar-refractivity contribution in [3.05, 3.63) is 330 Å². The van der Waals surface area contributed by atoms with Crippen LogP contribution >= 0.6 is 0 Å². The maximum Gasteiger partial charge on any atom is 0.135 e. The zero-order valence-electron chi connectivity index (χ0n) is 47.5. The van der Waals surface area contributed by atoms with Gasteiger partial charge in [-0.05, 0) is 116 Å². The van der Waals surface area contributed by atoms with E-state index in [-0.39, 0.29) is 31.9 Å². The molecule has 2 aromatic heterocycles. The summed E-state index contributed by atoms with van der Waals surface area (Å²) in [6.45, 7) is 18.4. The topological polar surface area (TPSA) is 24.3 Å². The van der Waals surface area contributed by atoms with Crippen LogP contribution in [0.25, 0.3) is 38.8 Å². The molecule has 10 aromatic carbocycles. The Morgan fingerprint density at radius 3 is 1.49 bits per heavy atom. The second-order valence-corrected chi connectivity index (χ2v) is 23.9. The minimum Gasteiger partial charge on any atom is -0.493 e. The number of pyridine rings is 1. The van der Waals surface area contributed by atoms with Crippen LogP contribution in [0.2, 0.25) is 0 Å². The van der Waals surface area contributed by atoms with Gasteiger partial charge in [-0.25, -0.2) is 4.98 Å². The summed E-state index contributed by atoms with van der Waals surface area (Å²) < 4.78 is 2.34. The van der Waals surface area contributed by atoms with Gasteiger partial charge in [-0.2, -0.15) is 42.5 Å². The number of hydrogen-bond donors (Lipinski definition) is 0. The molecule has 0 fully saturated rings. The van der Waals surface area contributed by atoms with Gasteiger partial charge in [0.15, 0.2) is 0 Å². The first-order valence-electron chi connectivity index (χ1n) is 28.3. The van der Waals surface area contributed by atoms with Crippen LogP contribution in [0.3, 0.4) is 0 Å². The van der Waals surface area contributed by atoms with E-state index in [4.69, 9.17) is 4.98 Å². The maximum atomic E-state index is 5.29. The summed E-state index contributed by atoms with van der Waals surface area (Å²) in [5.41, 5.74) is 17.5. The number of nitrogens with zero attached hydrogens (tertiary/aromatic N) is 4. The van der Waals surface area contributed by atoms with E-state index in [9.17, 15) is 0 Å². The van der Waals surface area contributed by atoms with Crippen molar-refractivity contribution in [3.63, 3.8) is 0 Å². The van der Waals surface area contributed by atoms with Crippen molar-refractivity contribution in [1.82, 2.24) is 9.55 Å². The van der Waals surface area contributed by atoms with Crippen LogP contribution in [-0.4, -0.2) is 9.55 Å². The third-order valence-electron chi connectivity index (χ3n) is 16.9. The van der Waals surface area contributed by atoms with E-state index in [1.807, 2.05) is 6.20 Å². The number of anilines is 4. The number of benzene rings is 10. The van der Waals surface area contributed by atoms with Crippen LogP contribution in [0.4, 0.5) is 22.7 Å². The van der Waals surface area contributed by atoms with Crippen LogP contribution in [0.15, 0.2) is 261 Å². The van der Waals surface area contributed by atoms with E-state index in [2.05, 4.69) is 336 Å². The Labute approximate surface area is 498 Å². The molecule has 1 aliphatic rings. The number of fused-ring (bicyclic) bond motifs is 4. The van der Waals surface area contributed by atoms with Gasteiger partial charge in [0, 0.05) is 60.7 Å². The molecular weight excluding hydrogens is 1180 g/mol. The van der Waals surface area contributed by atoms with Gasteiger partial charge in [0.2, 0.25) is 0 Å². The van der Waals surface area contributed by atoms with E-state index < -0.39 is 10.8 Å². The SMILES string of the molecule is CC(C)(C)c1cc(N2[CH-]N(c3[c-]c(C(c4[c-]c5c(cc4)c4cc(-c6ccccc6)ccc4n5-c4cc(C(C)(c5ccccc5)c5ccccc5)ccn4)(c4ccccc4)c4ccccc4)ccc3)c3ccccc32)cc(C(C)(C)C)c1.[Pt]. The Hall–Kier alpha value is -8.56. The molecule has 3 heterocycles. The molecule has 13 rings (SSSR count). The van der Waals surface area contributed by atoms with Gasteiger partial charge in [-0.1, -0.05) is 229 Å². The molecule has 0 saturated heterocycles. The van der Waals surface area contributed by atoms with Gasteiger partial charge in [-0.15, -0.1) is 28.9 Å². The molecule has 0 N–H and O–H groups in total. The van der Waals surface area contributed by atoms with Crippen molar-refractivity contribution in [2.24, 2.45) is 0 Å². The summed E-state index contributed by atoms with van der Waals surface area (Å²) in [6, 6.07) is 101. The number of rotatable bonds is 11. The fourth-order valence-corrected chi connectivity index (χ4v) is 12.4. The van der Waals surface area contributed by atoms with Crippen molar-refractivity contribution in [2.45, 2.75) is 70.1 Å². The van der Waals surface area contributed by atoms with Crippen molar-refractivity contribution < 1.29 is 21.1 Å². The Balaban J connectivity index is 0.00000665. The molecule has 0 unspecified atom stereocenters. The molecule has 4 nitrogen and oxygen atoms in total. The van der Waals surface area contributed by atoms with E-state index >= 15 is 0 Å². The molecular formula is C77H65N4Pt-3. The van der Waals surface area contributed by atoms with Crippen LogP contribution in [0, 0.1) is 18.8 Å². The summed E-state index contributed by atoms with van der Waals surface area (Å²) in [5.74, 6) is 0.820. The number of hydrogen-bond acceptors (Lipinski definition) is 3. The van der Waals surface area contributed by atoms with Crippen molar-refractivity contribution in [3.8, 4) is 16.9 Å². The van der Waals surface area contributed by atoms with Gasteiger partial charge in [-0.3, -0.25) is 0 Å². The third kappa shape index (κ3) is 9.38. The van der Waals surface area contributed by atoms with Crippen LogP contribution in [-0.2, 0) is 42.7 Å². The van der Waals surface area contributed by atoms with Crippen LogP contribution in [0.5, 0.6) is 0 Å².